The summed E-state index contributed by atoms with van der Waals surface area (Å²) in [7, 11) is -3.82. The Kier molecular flexibility index (Phi) is 6.53. The van der Waals surface area contributed by atoms with Crippen LogP contribution in [0.25, 0.3) is 0 Å². The molecule has 1 unspecified atom stereocenters. The maximum atomic E-state index is 12.5. The summed E-state index contributed by atoms with van der Waals surface area (Å²) in [5, 5.41) is 2.91. The fourth-order valence-electron chi connectivity index (χ4n) is 2.38. The fraction of sp³-hybridized carbons (Fsp3) is 0.562. The normalized spacial score (nSPS) is 16.0. The average molecular weight is 393 g/mol. The molecular weight excluding hydrogens is 371 g/mol. The lowest BCUT2D eigenvalue weighted by atomic mass is 10.2. The van der Waals surface area contributed by atoms with Crippen LogP contribution in [-0.4, -0.2) is 26.9 Å². The Balaban J connectivity index is 2.25. The first kappa shape index (κ1) is 19.5. The maximum Gasteiger partial charge on any atom is 0.252 e. The average Bonchev–Trinajstić information content (AvgIpc) is 3.28. The zero-order chi connectivity index (χ0) is 17.9. The monoisotopic (exact) mass is 392 g/mol. The first-order chi connectivity index (χ1) is 11.2. The van der Waals surface area contributed by atoms with E-state index in [2.05, 4.69) is 10.0 Å². The zero-order valence-corrected chi connectivity index (χ0v) is 16.1. The van der Waals surface area contributed by atoms with Gasteiger partial charge in [0.1, 0.15) is 4.90 Å². The molecule has 2 rings (SSSR count). The number of halogens is 2. The molecule has 5 nitrogen and oxygen atoms in total. The molecule has 8 heteroatoms. The Morgan fingerprint density at radius 1 is 1.29 bits per heavy atom. The summed E-state index contributed by atoms with van der Waals surface area (Å²) in [6, 6.07) is 2.32. The molecular formula is C16H22Cl2N2O3S. The van der Waals surface area contributed by atoms with Gasteiger partial charge in [-0.25, -0.2) is 13.1 Å². The highest BCUT2D eigenvalue weighted by Crippen LogP contribution is 2.30. The molecule has 1 saturated carbocycles. The van der Waals surface area contributed by atoms with Crippen molar-refractivity contribution in [3.8, 4) is 0 Å². The predicted molar refractivity (Wildman–Crippen MR) is 96.2 cm³/mol. The van der Waals surface area contributed by atoms with E-state index in [1.54, 1.807) is 6.92 Å². The van der Waals surface area contributed by atoms with E-state index < -0.39 is 10.0 Å². The van der Waals surface area contributed by atoms with Crippen molar-refractivity contribution in [1.29, 1.82) is 0 Å². The second-order valence-electron chi connectivity index (χ2n) is 6.23. The smallest absolute Gasteiger partial charge is 0.252 e. The predicted octanol–water partition coefficient (Wildman–Crippen LogP) is 3.60. The third kappa shape index (κ3) is 5.09. The Morgan fingerprint density at radius 2 is 1.96 bits per heavy atom. The minimum absolute atomic E-state index is 0.00468. The summed E-state index contributed by atoms with van der Waals surface area (Å²) in [5.41, 5.74) is 0.116. The maximum absolute atomic E-state index is 12.5. The van der Waals surface area contributed by atoms with Gasteiger partial charge in [-0.05, 0) is 44.2 Å². The lowest BCUT2D eigenvalue weighted by molar-refractivity contribution is 0.0951. The van der Waals surface area contributed by atoms with Gasteiger partial charge in [-0.15, -0.1) is 0 Å². The highest BCUT2D eigenvalue weighted by Gasteiger charge is 2.25. The van der Waals surface area contributed by atoms with E-state index in [-0.39, 0.29) is 32.5 Å². The molecule has 24 heavy (non-hydrogen) atoms. The second kappa shape index (κ2) is 8.04. The molecule has 0 bridgehead atoms. The fourth-order valence-corrected chi connectivity index (χ4v) is 4.52. The minimum atomic E-state index is -3.82. The molecule has 0 aromatic heterocycles. The van der Waals surface area contributed by atoms with E-state index in [1.165, 1.54) is 12.1 Å². The highest BCUT2D eigenvalue weighted by atomic mass is 35.5. The summed E-state index contributed by atoms with van der Waals surface area (Å²) >= 11 is 12.1. The van der Waals surface area contributed by atoms with E-state index in [1.807, 2.05) is 6.92 Å². The van der Waals surface area contributed by atoms with Gasteiger partial charge in [0.2, 0.25) is 10.0 Å². The van der Waals surface area contributed by atoms with Crippen LogP contribution in [0.1, 0.15) is 49.9 Å². The topological polar surface area (TPSA) is 75.3 Å². The molecule has 134 valence electrons. The van der Waals surface area contributed by atoms with Crippen LogP contribution in [0.4, 0.5) is 0 Å². The summed E-state index contributed by atoms with van der Waals surface area (Å²) in [5.74, 6) is 0.126. The van der Waals surface area contributed by atoms with Crippen molar-refractivity contribution < 1.29 is 13.2 Å². The van der Waals surface area contributed by atoms with E-state index in [4.69, 9.17) is 23.2 Å². The van der Waals surface area contributed by atoms with Crippen LogP contribution >= 0.6 is 23.2 Å². The van der Waals surface area contributed by atoms with Crippen LogP contribution in [0.5, 0.6) is 0 Å². The third-order valence-electron chi connectivity index (χ3n) is 3.88. The number of carbonyl (C=O) groups excluding carboxylic acids is 1. The van der Waals surface area contributed by atoms with Gasteiger partial charge < -0.3 is 5.32 Å². The molecule has 0 saturated heterocycles. The first-order valence-electron chi connectivity index (χ1n) is 8.04. The van der Waals surface area contributed by atoms with Crippen LogP contribution in [0.2, 0.25) is 10.0 Å². The Morgan fingerprint density at radius 3 is 2.54 bits per heavy atom. The second-order valence-corrected chi connectivity index (χ2v) is 8.72. The van der Waals surface area contributed by atoms with Gasteiger partial charge in [-0.2, -0.15) is 0 Å². The van der Waals surface area contributed by atoms with Crippen LogP contribution in [0, 0.1) is 5.92 Å². The number of hydrogen-bond donors (Lipinski definition) is 2. The summed E-state index contributed by atoms with van der Waals surface area (Å²) < 4.78 is 27.6. The number of sulfonamides is 1. The van der Waals surface area contributed by atoms with Crippen LogP contribution in [0.15, 0.2) is 17.0 Å². The van der Waals surface area contributed by atoms with Crippen molar-refractivity contribution in [2.45, 2.75) is 50.5 Å². The number of carbonyl (C=O) groups is 1. The third-order valence-corrected chi connectivity index (χ3v) is 6.25. The molecule has 0 aliphatic heterocycles. The Bertz CT molecular complexity index is 718. The van der Waals surface area contributed by atoms with Crippen LogP contribution < -0.4 is 10.0 Å². The number of rotatable bonds is 8. The van der Waals surface area contributed by atoms with E-state index in [0.29, 0.717) is 18.9 Å². The number of benzene rings is 1. The Hall–Kier alpha value is -0.820. The lowest BCUT2D eigenvalue weighted by Crippen LogP contribution is -2.33. The molecule has 1 amide bonds. The summed E-state index contributed by atoms with van der Waals surface area (Å²) in [4.78, 5) is 12.1. The van der Waals surface area contributed by atoms with Gasteiger partial charge in [0, 0.05) is 12.6 Å². The SMILES string of the molecule is CCCC(C)NS(=O)(=O)c1cc(C(=O)NCC2CC2)c(Cl)cc1Cl. The van der Waals surface area contributed by atoms with Crippen molar-refractivity contribution in [3.05, 3.63) is 27.7 Å². The number of hydrogen-bond acceptors (Lipinski definition) is 3. The number of nitrogens with one attached hydrogen (secondary N) is 2. The molecule has 0 spiro atoms. The van der Waals surface area contributed by atoms with Gasteiger partial charge in [0.05, 0.1) is 15.6 Å². The highest BCUT2D eigenvalue weighted by molar-refractivity contribution is 7.89. The molecule has 1 aromatic carbocycles. The van der Waals surface area contributed by atoms with Crippen molar-refractivity contribution in [2.24, 2.45) is 5.92 Å². The molecule has 1 atom stereocenters. The van der Waals surface area contributed by atoms with Gasteiger partial charge in [-0.3, -0.25) is 4.79 Å². The largest absolute Gasteiger partial charge is 0.352 e. The molecule has 2 N–H and O–H groups in total. The van der Waals surface area contributed by atoms with E-state index in [0.717, 1.165) is 19.3 Å². The van der Waals surface area contributed by atoms with Gasteiger partial charge in [0.15, 0.2) is 0 Å². The molecule has 0 radical (unpaired) electrons. The summed E-state index contributed by atoms with van der Waals surface area (Å²) in [6.45, 7) is 4.34. The molecule has 1 aliphatic carbocycles. The zero-order valence-electron chi connectivity index (χ0n) is 13.7. The van der Waals surface area contributed by atoms with Gasteiger partial charge >= 0.3 is 0 Å². The molecule has 1 fully saturated rings. The quantitative estimate of drug-likeness (QED) is 0.709. The minimum Gasteiger partial charge on any atom is -0.352 e. The summed E-state index contributed by atoms with van der Waals surface area (Å²) in [6.07, 6.45) is 3.77. The van der Waals surface area contributed by atoms with Gasteiger partial charge in [-0.1, -0.05) is 36.5 Å². The van der Waals surface area contributed by atoms with Crippen molar-refractivity contribution in [1.82, 2.24) is 10.0 Å². The van der Waals surface area contributed by atoms with E-state index in [9.17, 15) is 13.2 Å². The van der Waals surface area contributed by atoms with Crippen molar-refractivity contribution in [2.75, 3.05) is 6.54 Å². The van der Waals surface area contributed by atoms with Crippen LogP contribution in [0.3, 0.4) is 0 Å². The van der Waals surface area contributed by atoms with Crippen LogP contribution in [-0.2, 0) is 10.0 Å². The standard InChI is InChI=1S/C16H22Cl2N2O3S/c1-3-4-10(2)20-24(22,23)15-7-12(13(17)8-14(15)18)16(21)19-9-11-5-6-11/h7-8,10-11,20H,3-6,9H2,1-2H3,(H,19,21). The van der Waals surface area contributed by atoms with E-state index >= 15 is 0 Å². The molecule has 0 heterocycles. The van der Waals surface area contributed by atoms with Crippen molar-refractivity contribution >= 4 is 39.1 Å². The molecule has 1 aromatic rings. The lowest BCUT2D eigenvalue weighted by Gasteiger charge is -2.15. The van der Waals surface area contributed by atoms with Crippen molar-refractivity contribution in [3.63, 3.8) is 0 Å². The Labute approximate surface area is 153 Å². The molecule has 1 aliphatic rings. The van der Waals surface area contributed by atoms with Gasteiger partial charge in [0.25, 0.3) is 5.91 Å². The first-order valence-corrected chi connectivity index (χ1v) is 10.3. The number of amides is 1.